The molecule has 0 bridgehead atoms. The van der Waals surface area contributed by atoms with Gasteiger partial charge in [0.1, 0.15) is 0 Å². The van der Waals surface area contributed by atoms with Crippen molar-refractivity contribution >= 4 is 21.8 Å². The number of urea groups is 1. The fraction of sp³-hybridized carbons (Fsp3) is 0.304. The largest absolute Gasteiger partial charge is 0.463 e. The van der Waals surface area contributed by atoms with Crippen molar-refractivity contribution in [1.82, 2.24) is 10.6 Å². The van der Waals surface area contributed by atoms with Crippen LogP contribution in [0.15, 0.2) is 58.6 Å². The zero-order valence-electron chi connectivity index (χ0n) is 18.0. The van der Waals surface area contributed by atoms with Gasteiger partial charge in [0.05, 0.1) is 28.9 Å². The van der Waals surface area contributed by atoms with Crippen LogP contribution in [0.2, 0.25) is 0 Å². The topological polar surface area (TPSA) is 102 Å². The number of esters is 1. The molecule has 8 heteroatoms. The molecule has 1 atom stereocenters. The normalized spacial score (nSPS) is 16.5. The summed E-state index contributed by atoms with van der Waals surface area (Å²) in [6.07, 6.45) is 0. The number of nitrogens with one attached hydrogen (secondary N) is 2. The highest BCUT2D eigenvalue weighted by atomic mass is 32.2. The fourth-order valence-electron chi connectivity index (χ4n) is 3.51. The number of hydrogen-bond donors (Lipinski definition) is 2. The highest BCUT2D eigenvalue weighted by Crippen LogP contribution is 2.31. The van der Waals surface area contributed by atoms with Crippen molar-refractivity contribution in [2.45, 2.75) is 38.6 Å². The molecule has 0 radical (unpaired) electrons. The highest BCUT2D eigenvalue weighted by molar-refractivity contribution is 7.91. The van der Waals surface area contributed by atoms with Crippen LogP contribution in [0.3, 0.4) is 0 Å². The first-order chi connectivity index (χ1) is 14.6. The molecule has 2 N–H and O–H groups in total. The van der Waals surface area contributed by atoms with Crippen LogP contribution in [0.5, 0.6) is 0 Å². The minimum absolute atomic E-state index is 0.0219. The Morgan fingerprint density at radius 3 is 2.39 bits per heavy atom. The lowest BCUT2D eigenvalue weighted by atomic mass is 9.92. The third-order valence-corrected chi connectivity index (χ3v) is 6.96. The van der Waals surface area contributed by atoms with Gasteiger partial charge >= 0.3 is 12.0 Å². The lowest BCUT2D eigenvalue weighted by Gasteiger charge is -2.30. The second-order valence-electron chi connectivity index (χ2n) is 7.51. The van der Waals surface area contributed by atoms with E-state index in [1.807, 2.05) is 32.9 Å². The Bertz CT molecular complexity index is 1170. The lowest BCUT2D eigenvalue weighted by Crippen LogP contribution is -2.47. The van der Waals surface area contributed by atoms with E-state index in [1.165, 1.54) is 6.07 Å². The van der Waals surface area contributed by atoms with Crippen LogP contribution in [-0.2, 0) is 19.4 Å². The monoisotopic (exact) mass is 442 g/mol. The van der Waals surface area contributed by atoms with E-state index in [0.29, 0.717) is 5.56 Å². The fourth-order valence-corrected chi connectivity index (χ4v) is 4.91. The van der Waals surface area contributed by atoms with Crippen molar-refractivity contribution in [3.63, 3.8) is 0 Å². The average molecular weight is 443 g/mol. The van der Waals surface area contributed by atoms with Crippen LogP contribution in [0.25, 0.3) is 0 Å². The van der Waals surface area contributed by atoms with Crippen molar-refractivity contribution in [3.8, 4) is 0 Å². The predicted octanol–water partition coefficient (Wildman–Crippen LogP) is 3.26. The van der Waals surface area contributed by atoms with Crippen molar-refractivity contribution in [1.29, 1.82) is 0 Å². The summed E-state index contributed by atoms with van der Waals surface area (Å²) in [7, 11) is -3.83. The molecule has 0 unspecified atom stereocenters. The molecule has 2 aromatic rings. The molecule has 0 aromatic heterocycles. The van der Waals surface area contributed by atoms with Crippen LogP contribution in [0, 0.1) is 20.8 Å². The average Bonchev–Trinajstić information content (AvgIpc) is 2.69. The van der Waals surface area contributed by atoms with Crippen LogP contribution >= 0.6 is 0 Å². The van der Waals surface area contributed by atoms with E-state index < -0.39 is 33.6 Å². The van der Waals surface area contributed by atoms with Crippen molar-refractivity contribution in [2.24, 2.45) is 0 Å². The summed E-state index contributed by atoms with van der Waals surface area (Å²) in [6.45, 7) is 7.37. The summed E-state index contributed by atoms with van der Waals surface area (Å²) in [5.41, 5.74) is 3.47. The first-order valence-corrected chi connectivity index (χ1v) is 11.6. The van der Waals surface area contributed by atoms with Gasteiger partial charge in [0, 0.05) is 5.70 Å². The summed E-state index contributed by atoms with van der Waals surface area (Å²) in [6, 6.07) is 10.8. The molecular formula is C23H26N2O5S. The molecule has 3 rings (SSSR count). The predicted molar refractivity (Wildman–Crippen MR) is 117 cm³/mol. The molecule has 1 heterocycles. The Morgan fingerprint density at radius 1 is 1.03 bits per heavy atom. The van der Waals surface area contributed by atoms with Gasteiger partial charge in [-0.1, -0.05) is 30.3 Å². The number of carbonyl (C=O) groups is 2. The van der Waals surface area contributed by atoms with Gasteiger partial charge in [-0.05, 0) is 62.1 Å². The summed E-state index contributed by atoms with van der Waals surface area (Å²) in [5.74, 6) is -1.20. The molecule has 2 amide bonds. The number of sulfone groups is 1. The van der Waals surface area contributed by atoms with E-state index in [4.69, 9.17) is 4.74 Å². The van der Waals surface area contributed by atoms with E-state index in [0.717, 1.165) is 16.7 Å². The van der Waals surface area contributed by atoms with Crippen LogP contribution < -0.4 is 10.6 Å². The van der Waals surface area contributed by atoms with Crippen LogP contribution in [-0.4, -0.2) is 32.8 Å². The zero-order valence-corrected chi connectivity index (χ0v) is 18.8. The number of amides is 2. The summed E-state index contributed by atoms with van der Waals surface area (Å²) >= 11 is 0. The number of aryl methyl sites for hydroxylation is 3. The van der Waals surface area contributed by atoms with Crippen molar-refractivity contribution in [2.75, 3.05) is 12.4 Å². The quantitative estimate of drug-likeness (QED) is 0.669. The van der Waals surface area contributed by atoms with Gasteiger partial charge in [-0.25, -0.2) is 18.0 Å². The van der Waals surface area contributed by atoms with Gasteiger partial charge in [0.2, 0.25) is 0 Å². The first-order valence-electron chi connectivity index (χ1n) is 9.97. The Kier molecular flexibility index (Phi) is 6.50. The van der Waals surface area contributed by atoms with E-state index in [-0.39, 0.29) is 22.8 Å². The van der Waals surface area contributed by atoms with E-state index >= 15 is 0 Å². The van der Waals surface area contributed by atoms with E-state index in [1.54, 1.807) is 31.2 Å². The maximum Gasteiger partial charge on any atom is 0.338 e. The van der Waals surface area contributed by atoms with Gasteiger partial charge in [0.15, 0.2) is 9.84 Å². The minimum atomic E-state index is -3.83. The number of benzene rings is 2. The van der Waals surface area contributed by atoms with Crippen molar-refractivity contribution < 1.29 is 22.7 Å². The molecule has 0 fully saturated rings. The molecule has 2 aromatic carbocycles. The van der Waals surface area contributed by atoms with E-state index in [2.05, 4.69) is 10.6 Å². The van der Waals surface area contributed by atoms with Crippen LogP contribution in [0.1, 0.15) is 35.2 Å². The standard InChI is InChI=1S/C23H26N2O5S/c1-5-30-22(26)20-19(13-31(28,29)17-11-10-14(2)16(4)12-17)24-23(27)25-21(20)18-9-7-6-8-15(18)3/h6-12,21H,5,13H2,1-4H3,(H2,24,25,27)/t21-/m0/s1. The number of hydrogen-bond acceptors (Lipinski definition) is 5. The molecule has 0 aliphatic carbocycles. The maximum absolute atomic E-state index is 13.1. The third kappa shape index (κ3) is 4.80. The highest BCUT2D eigenvalue weighted by Gasteiger charge is 2.36. The molecule has 1 aliphatic rings. The Labute approximate surface area is 182 Å². The summed E-state index contributed by atoms with van der Waals surface area (Å²) in [5, 5.41) is 5.26. The lowest BCUT2D eigenvalue weighted by molar-refractivity contribution is -0.139. The molecule has 0 saturated heterocycles. The van der Waals surface area contributed by atoms with Gasteiger partial charge in [0.25, 0.3) is 0 Å². The van der Waals surface area contributed by atoms with Gasteiger partial charge < -0.3 is 15.4 Å². The minimum Gasteiger partial charge on any atom is -0.463 e. The zero-order chi connectivity index (χ0) is 22.8. The smallest absolute Gasteiger partial charge is 0.338 e. The summed E-state index contributed by atoms with van der Waals surface area (Å²) in [4.78, 5) is 25.4. The molecule has 0 spiro atoms. The number of ether oxygens (including phenoxy) is 1. The SMILES string of the molecule is CCOC(=O)C1=C(CS(=O)(=O)c2ccc(C)c(C)c2)NC(=O)N[C@H]1c1ccccc1C. The number of rotatable bonds is 6. The van der Waals surface area contributed by atoms with Crippen molar-refractivity contribution in [3.05, 3.63) is 76.0 Å². The van der Waals surface area contributed by atoms with Gasteiger partial charge in [-0.15, -0.1) is 0 Å². The third-order valence-electron chi connectivity index (χ3n) is 5.32. The van der Waals surface area contributed by atoms with Crippen LogP contribution in [0.4, 0.5) is 4.79 Å². The Morgan fingerprint density at radius 2 is 1.74 bits per heavy atom. The second kappa shape index (κ2) is 8.93. The Balaban J connectivity index is 2.13. The molecule has 0 saturated carbocycles. The molecular weight excluding hydrogens is 416 g/mol. The second-order valence-corrected chi connectivity index (χ2v) is 9.50. The summed E-state index contributed by atoms with van der Waals surface area (Å²) < 4.78 is 31.5. The van der Waals surface area contributed by atoms with E-state index in [9.17, 15) is 18.0 Å². The molecule has 1 aliphatic heterocycles. The molecule has 31 heavy (non-hydrogen) atoms. The first kappa shape index (κ1) is 22.6. The molecule has 164 valence electrons. The Hall–Kier alpha value is -3.13. The van der Waals surface area contributed by atoms with Gasteiger partial charge in [-0.2, -0.15) is 0 Å². The number of carbonyl (C=O) groups excluding carboxylic acids is 2. The van der Waals surface area contributed by atoms with Gasteiger partial charge in [-0.3, -0.25) is 0 Å². The maximum atomic E-state index is 13.1. The molecule has 7 nitrogen and oxygen atoms in total.